The molecule has 2 N–H and O–H groups in total. The van der Waals surface area contributed by atoms with E-state index in [2.05, 4.69) is 4.72 Å². The minimum atomic E-state index is -3.89. The van der Waals surface area contributed by atoms with E-state index in [1.54, 1.807) is 25.1 Å². The van der Waals surface area contributed by atoms with Crippen LogP contribution in [0.2, 0.25) is 0 Å². The summed E-state index contributed by atoms with van der Waals surface area (Å²) in [4.78, 5) is 15.0. The summed E-state index contributed by atoms with van der Waals surface area (Å²) in [5, 5.41) is 9.75. The van der Waals surface area contributed by atoms with E-state index < -0.39 is 38.1 Å². The molecule has 10 nitrogen and oxygen atoms in total. The Hall–Kier alpha value is -2.67. The Kier molecular flexibility index (Phi) is 8.10. The number of sulfonamides is 2. The van der Waals surface area contributed by atoms with Crippen molar-refractivity contribution in [3.8, 4) is 5.75 Å². The second-order valence-corrected chi connectivity index (χ2v) is 12.6. The van der Waals surface area contributed by atoms with Gasteiger partial charge in [0.15, 0.2) is 0 Å². The molecule has 3 rings (SSSR count). The minimum absolute atomic E-state index is 0.0529. The first-order valence-electron chi connectivity index (χ1n) is 11.0. The number of likely N-dealkylation sites (N-methyl/N-ethyl adjacent to an activating group) is 1. The Balaban J connectivity index is 2.02. The van der Waals surface area contributed by atoms with E-state index in [1.807, 2.05) is 6.92 Å². The number of nitrogens with one attached hydrogen (secondary N) is 1. The number of fused-ring (bicyclic) bond motifs is 1. The average Bonchev–Trinajstić information content (AvgIpc) is 2.81. The second-order valence-electron chi connectivity index (χ2n) is 8.80. The summed E-state index contributed by atoms with van der Waals surface area (Å²) in [6.07, 6.45) is 0.505. The van der Waals surface area contributed by atoms with E-state index in [-0.39, 0.29) is 47.5 Å². The number of aliphatic hydroxyl groups is 1. The highest BCUT2D eigenvalue weighted by molar-refractivity contribution is 7.92. The van der Waals surface area contributed by atoms with Gasteiger partial charge in [-0.2, -0.15) is 0 Å². The van der Waals surface area contributed by atoms with Crippen molar-refractivity contribution in [3.63, 3.8) is 0 Å². The summed E-state index contributed by atoms with van der Waals surface area (Å²) < 4.78 is 59.3. The third kappa shape index (κ3) is 6.31. The maximum absolute atomic E-state index is 13.5. The van der Waals surface area contributed by atoms with Gasteiger partial charge in [-0.15, -0.1) is 0 Å². The smallest absolute Gasteiger partial charge is 0.261 e. The number of amides is 1. The molecule has 0 fully saturated rings. The number of benzene rings is 2. The Labute approximate surface area is 206 Å². The first-order valence-corrected chi connectivity index (χ1v) is 14.4. The Morgan fingerprint density at radius 1 is 1.17 bits per heavy atom. The molecule has 0 saturated heterocycles. The van der Waals surface area contributed by atoms with Crippen molar-refractivity contribution in [1.82, 2.24) is 9.21 Å². The topological polar surface area (TPSA) is 133 Å². The Morgan fingerprint density at radius 3 is 2.43 bits per heavy atom. The van der Waals surface area contributed by atoms with Gasteiger partial charge in [-0.1, -0.05) is 25.1 Å². The lowest BCUT2D eigenvalue weighted by atomic mass is 9.99. The summed E-state index contributed by atoms with van der Waals surface area (Å²) >= 11 is 0. The molecule has 3 atom stereocenters. The number of nitrogens with zero attached hydrogens (tertiary/aromatic N) is 2. The summed E-state index contributed by atoms with van der Waals surface area (Å²) in [5.41, 5.74) is 0.275. The van der Waals surface area contributed by atoms with Crippen LogP contribution in [0, 0.1) is 5.92 Å². The fraction of sp³-hybridized carbons (Fsp3) is 0.435. The van der Waals surface area contributed by atoms with Gasteiger partial charge >= 0.3 is 0 Å². The lowest BCUT2D eigenvalue weighted by Gasteiger charge is -2.38. The monoisotopic (exact) mass is 525 g/mol. The van der Waals surface area contributed by atoms with Crippen molar-refractivity contribution in [2.24, 2.45) is 5.92 Å². The van der Waals surface area contributed by atoms with E-state index in [4.69, 9.17) is 4.74 Å². The highest BCUT2D eigenvalue weighted by Crippen LogP contribution is 2.31. The van der Waals surface area contributed by atoms with Crippen LogP contribution in [-0.2, 0) is 20.0 Å². The van der Waals surface area contributed by atoms with Crippen molar-refractivity contribution >= 4 is 31.6 Å². The zero-order valence-corrected chi connectivity index (χ0v) is 21.7. The quantitative estimate of drug-likeness (QED) is 0.535. The van der Waals surface area contributed by atoms with Crippen molar-refractivity contribution < 1.29 is 31.5 Å². The van der Waals surface area contributed by atoms with Gasteiger partial charge in [0.25, 0.3) is 15.9 Å². The molecule has 1 heterocycles. The summed E-state index contributed by atoms with van der Waals surface area (Å²) in [7, 11) is -5.91. The van der Waals surface area contributed by atoms with Crippen LogP contribution in [-0.4, -0.2) is 82.2 Å². The van der Waals surface area contributed by atoms with E-state index in [0.29, 0.717) is 0 Å². The van der Waals surface area contributed by atoms with Crippen LogP contribution < -0.4 is 9.46 Å². The molecule has 1 amide bonds. The average molecular weight is 526 g/mol. The van der Waals surface area contributed by atoms with Gasteiger partial charge in [-0.25, -0.2) is 21.1 Å². The first kappa shape index (κ1) is 26.9. The number of rotatable bonds is 8. The number of anilines is 1. The molecule has 35 heavy (non-hydrogen) atoms. The molecule has 0 spiro atoms. The first-order chi connectivity index (χ1) is 16.3. The molecular formula is C23H31N3O7S2. The SMILES string of the molecule is C[C@@H]1CN([C@H](C)CO)C(=O)c2cc(NS(=O)(=O)c3ccccc3)ccc2O[C@H]1CN(C)S(C)(=O)=O. The molecule has 0 radical (unpaired) electrons. The molecule has 2 aromatic carbocycles. The lowest BCUT2D eigenvalue weighted by Crippen LogP contribution is -2.50. The van der Waals surface area contributed by atoms with Crippen LogP contribution in [0.5, 0.6) is 5.75 Å². The summed E-state index contributed by atoms with van der Waals surface area (Å²) in [6.45, 7) is 3.54. The molecule has 1 aliphatic rings. The molecule has 2 aromatic rings. The summed E-state index contributed by atoms with van der Waals surface area (Å²) in [5.74, 6) is -0.489. The fourth-order valence-corrected chi connectivity index (χ4v) is 5.19. The molecule has 0 bridgehead atoms. The summed E-state index contributed by atoms with van der Waals surface area (Å²) in [6, 6.07) is 11.7. The van der Waals surface area contributed by atoms with Crippen LogP contribution >= 0.6 is 0 Å². The number of ether oxygens (including phenoxy) is 1. The van der Waals surface area contributed by atoms with Crippen LogP contribution in [0.1, 0.15) is 24.2 Å². The predicted molar refractivity (Wildman–Crippen MR) is 132 cm³/mol. The Morgan fingerprint density at radius 2 is 1.83 bits per heavy atom. The maximum Gasteiger partial charge on any atom is 0.261 e. The van der Waals surface area contributed by atoms with Crippen LogP contribution in [0.15, 0.2) is 53.4 Å². The fourth-order valence-electron chi connectivity index (χ4n) is 3.71. The number of hydrogen-bond donors (Lipinski definition) is 2. The molecule has 0 aromatic heterocycles. The third-order valence-corrected chi connectivity index (χ3v) is 8.65. The van der Waals surface area contributed by atoms with Gasteiger partial charge in [-0.3, -0.25) is 9.52 Å². The zero-order valence-electron chi connectivity index (χ0n) is 20.1. The Bertz CT molecular complexity index is 1270. The third-order valence-electron chi connectivity index (χ3n) is 5.97. The van der Waals surface area contributed by atoms with Crippen molar-refractivity contribution in [2.75, 3.05) is 37.7 Å². The van der Waals surface area contributed by atoms with Crippen LogP contribution in [0.4, 0.5) is 5.69 Å². The van der Waals surface area contributed by atoms with E-state index in [0.717, 1.165) is 6.26 Å². The number of hydrogen-bond acceptors (Lipinski definition) is 7. The molecule has 12 heteroatoms. The molecule has 1 aliphatic heterocycles. The van der Waals surface area contributed by atoms with E-state index in [1.165, 1.54) is 46.6 Å². The van der Waals surface area contributed by atoms with Gasteiger partial charge in [-0.05, 0) is 37.3 Å². The van der Waals surface area contributed by atoms with E-state index in [9.17, 15) is 26.7 Å². The van der Waals surface area contributed by atoms with Gasteiger partial charge in [0.2, 0.25) is 10.0 Å². The van der Waals surface area contributed by atoms with Gasteiger partial charge in [0.05, 0.1) is 35.9 Å². The molecule has 0 unspecified atom stereocenters. The van der Waals surface area contributed by atoms with Crippen LogP contribution in [0.25, 0.3) is 0 Å². The molecule has 0 aliphatic carbocycles. The standard InChI is InChI=1S/C23H31N3O7S2/c1-16-13-26(17(2)15-27)23(28)20-12-18(24-35(31,32)19-8-6-5-7-9-19)10-11-21(20)33-22(16)14-25(3)34(4,29)30/h5-12,16-17,22,24,27H,13-15H2,1-4H3/t16-,17-,22+/m1/s1. The number of aliphatic hydroxyl groups excluding tert-OH is 1. The van der Waals surface area contributed by atoms with Crippen molar-refractivity contribution in [2.45, 2.75) is 30.9 Å². The number of carbonyl (C=O) groups excluding carboxylic acids is 1. The van der Waals surface area contributed by atoms with Crippen LogP contribution in [0.3, 0.4) is 0 Å². The highest BCUT2D eigenvalue weighted by Gasteiger charge is 2.34. The largest absolute Gasteiger partial charge is 0.488 e. The zero-order chi connectivity index (χ0) is 26.0. The normalized spacial score (nSPS) is 19.9. The lowest BCUT2D eigenvalue weighted by molar-refractivity contribution is 0.0387. The van der Waals surface area contributed by atoms with Gasteiger partial charge in [0, 0.05) is 25.2 Å². The van der Waals surface area contributed by atoms with Gasteiger partial charge in [0.1, 0.15) is 11.9 Å². The molecule has 192 valence electrons. The molecule has 0 saturated carbocycles. The van der Waals surface area contributed by atoms with Crippen molar-refractivity contribution in [1.29, 1.82) is 0 Å². The van der Waals surface area contributed by atoms with Crippen molar-refractivity contribution in [3.05, 3.63) is 54.1 Å². The highest BCUT2D eigenvalue weighted by atomic mass is 32.2. The van der Waals surface area contributed by atoms with Gasteiger partial charge < -0.3 is 14.7 Å². The van der Waals surface area contributed by atoms with E-state index >= 15 is 0 Å². The maximum atomic E-state index is 13.5. The molecular weight excluding hydrogens is 494 g/mol. The number of carbonyl (C=O) groups is 1. The minimum Gasteiger partial charge on any atom is -0.488 e. The second kappa shape index (κ2) is 10.5. The predicted octanol–water partition coefficient (Wildman–Crippen LogP) is 1.60.